The summed E-state index contributed by atoms with van der Waals surface area (Å²) in [5.74, 6) is 1.55. The van der Waals surface area contributed by atoms with Crippen LogP contribution in [0.4, 0.5) is 0 Å². The van der Waals surface area contributed by atoms with E-state index in [0.29, 0.717) is 25.4 Å². The van der Waals surface area contributed by atoms with Crippen LogP contribution in [0.15, 0.2) is 24.5 Å². The molecule has 158 valence electrons. The highest BCUT2D eigenvalue weighted by Gasteiger charge is 2.31. The van der Waals surface area contributed by atoms with Gasteiger partial charge >= 0.3 is 0 Å². The fourth-order valence-corrected chi connectivity index (χ4v) is 4.29. The van der Waals surface area contributed by atoms with E-state index in [-0.39, 0.29) is 24.5 Å². The zero-order chi connectivity index (χ0) is 20.1. The van der Waals surface area contributed by atoms with Crippen molar-refractivity contribution in [1.29, 1.82) is 0 Å². The van der Waals surface area contributed by atoms with Crippen LogP contribution < -0.4 is 5.32 Å². The first-order valence-electron chi connectivity index (χ1n) is 10.9. The number of ether oxygens (including phenoxy) is 1. The molecule has 1 atom stereocenters. The maximum absolute atomic E-state index is 12.3. The molecule has 0 radical (unpaired) electrons. The van der Waals surface area contributed by atoms with Crippen LogP contribution in [-0.2, 0) is 20.7 Å². The van der Waals surface area contributed by atoms with Gasteiger partial charge in [0.1, 0.15) is 6.61 Å². The number of pyridine rings is 1. The van der Waals surface area contributed by atoms with Crippen molar-refractivity contribution >= 4 is 11.8 Å². The van der Waals surface area contributed by atoms with Crippen molar-refractivity contribution in [3.05, 3.63) is 30.1 Å². The van der Waals surface area contributed by atoms with Gasteiger partial charge in [-0.2, -0.15) is 0 Å². The summed E-state index contributed by atoms with van der Waals surface area (Å²) in [6.07, 6.45) is 8.72. The third-order valence-electron chi connectivity index (χ3n) is 6.23. The minimum atomic E-state index is -0.138. The minimum Gasteiger partial charge on any atom is -0.365 e. The maximum Gasteiger partial charge on any atom is 0.248 e. The normalized spacial score (nSPS) is 23.9. The van der Waals surface area contributed by atoms with Gasteiger partial charge in [-0.15, -0.1) is 0 Å². The molecule has 29 heavy (non-hydrogen) atoms. The molecule has 1 saturated carbocycles. The lowest BCUT2D eigenvalue weighted by molar-refractivity contribution is -0.150. The highest BCUT2D eigenvalue weighted by atomic mass is 16.5. The molecule has 0 spiro atoms. The molecule has 7 heteroatoms. The van der Waals surface area contributed by atoms with E-state index in [2.05, 4.69) is 15.2 Å². The number of piperidine rings is 1. The Morgan fingerprint density at radius 2 is 1.97 bits per heavy atom. The fourth-order valence-electron chi connectivity index (χ4n) is 4.29. The van der Waals surface area contributed by atoms with Crippen molar-refractivity contribution < 1.29 is 14.3 Å². The van der Waals surface area contributed by atoms with Crippen LogP contribution in [0.1, 0.15) is 31.2 Å². The molecule has 7 nitrogen and oxygen atoms in total. The predicted molar refractivity (Wildman–Crippen MR) is 109 cm³/mol. The van der Waals surface area contributed by atoms with Gasteiger partial charge in [0.25, 0.3) is 0 Å². The Kier molecular flexibility index (Phi) is 6.77. The molecule has 0 aromatic carbocycles. The summed E-state index contributed by atoms with van der Waals surface area (Å²) in [6, 6.07) is 3.72. The van der Waals surface area contributed by atoms with Crippen molar-refractivity contribution in [2.45, 2.75) is 38.2 Å². The van der Waals surface area contributed by atoms with E-state index >= 15 is 0 Å². The van der Waals surface area contributed by atoms with Crippen LogP contribution in [-0.4, -0.2) is 78.6 Å². The van der Waals surface area contributed by atoms with E-state index in [9.17, 15) is 9.59 Å². The molecule has 1 aliphatic carbocycles. The second kappa shape index (κ2) is 9.67. The van der Waals surface area contributed by atoms with Crippen LogP contribution in [0.2, 0.25) is 0 Å². The number of hydrogen-bond acceptors (Lipinski definition) is 5. The lowest BCUT2D eigenvalue weighted by Crippen LogP contribution is -2.52. The van der Waals surface area contributed by atoms with E-state index in [1.807, 2.05) is 17.0 Å². The summed E-state index contributed by atoms with van der Waals surface area (Å²) >= 11 is 0. The van der Waals surface area contributed by atoms with Gasteiger partial charge in [0.2, 0.25) is 11.8 Å². The Hall–Kier alpha value is -1.99. The molecule has 2 saturated heterocycles. The molecular weight excluding hydrogens is 368 g/mol. The van der Waals surface area contributed by atoms with Gasteiger partial charge in [-0.1, -0.05) is 6.07 Å². The van der Waals surface area contributed by atoms with E-state index < -0.39 is 0 Å². The molecule has 4 rings (SSSR count). The molecule has 3 fully saturated rings. The molecule has 2 aliphatic heterocycles. The number of morpholine rings is 1. The number of amides is 2. The Bertz CT molecular complexity index is 687. The highest BCUT2D eigenvalue weighted by molar-refractivity contribution is 5.79. The lowest BCUT2D eigenvalue weighted by Gasteiger charge is -2.38. The number of carbonyl (C=O) groups excluding carboxylic acids is 2. The molecule has 0 unspecified atom stereocenters. The summed E-state index contributed by atoms with van der Waals surface area (Å²) in [7, 11) is 0. The highest BCUT2D eigenvalue weighted by Crippen LogP contribution is 2.31. The predicted octanol–water partition coefficient (Wildman–Crippen LogP) is 1.09. The molecule has 1 aromatic rings. The van der Waals surface area contributed by atoms with E-state index in [0.717, 1.165) is 31.1 Å². The van der Waals surface area contributed by atoms with Crippen molar-refractivity contribution in [2.75, 3.05) is 45.9 Å². The third-order valence-corrected chi connectivity index (χ3v) is 6.23. The topological polar surface area (TPSA) is 74.8 Å². The third kappa shape index (κ3) is 6.24. The summed E-state index contributed by atoms with van der Waals surface area (Å²) in [6.45, 7) is 5.52. The summed E-state index contributed by atoms with van der Waals surface area (Å²) < 4.78 is 5.65. The van der Waals surface area contributed by atoms with Crippen LogP contribution in [0.5, 0.6) is 0 Å². The smallest absolute Gasteiger partial charge is 0.248 e. The first kappa shape index (κ1) is 20.3. The van der Waals surface area contributed by atoms with Crippen molar-refractivity contribution in [1.82, 2.24) is 20.1 Å². The summed E-state index contributed by atoms with van der Waals surface area (Å²) in [5.41, 5.74) is 0.888. The Morgan fingerprint density at radius 1 is 1.17 bits per heavy atom. The number of likely N-dealkylation sites (tertiary alicyclic amines) is 1. The van der Waals surface area contributed by atoms with Crippen LogP contribution in [0.3, 0.4) is 0 Å². The van der Waals surface area contributed by atoms with E-state index in [1.165, 1.54) is 32.2 Å². The Balaban J connectivity index is 1.18. The molecule has 0 bridgehead atoms. The Morgan fingerprint density at radius 3 is 2.69 bits per heavy atom. The second-order valence-corrected chi connectivity index (χ2v) is 8.76. The standard InChI is InChI=1S/C22H32N4O3/c27-21(10-19-2-1-7-23-11-19)24-12-20-15-26(22(28)16-29-20)14-18-5-8-25(9-6-18)13-17-3-4-17/h1-2,7,11,17-18,20H,3-6,8-10,12-16H2,(H,24,27)/t20-/m0/s1. The number of hydrogen-bond donors (Lipinski definition) is 1. The molecule has 2 amide bonds. The molecule has 3 aliphatic rings. The zero-order valence-corrected chi connectivity index (χ0v) is 17.1. The Labute approximate surface area is 172 Å². The van der Waals surface area contributed by atoms with Gasteiger partial charge < -0.3 is 19.9 Å². The monoisotopic (exact) mass is 400 g/mol. The van der Waals surface area contributed by atoms with E-state index in [1.54, 1.807) is 12.4 Å². The second-order valence-electron chi connectivity index (χ2n) is 8.76. The average Bonchev–Trinajstić information content (AvgIpc) is 3.55. The molecule has 3 heterocycles. The number of nitrogens with zero attached hydrogens (tertiary/aromatic N) is 3. The maximum atomic E-state index is 12.3. The first-order chi connectivity index (χ1) is 14.2. The van der Waals surface area contributed by atoms with Gasteiger partial charge in [-0.3, -0.25) is 14.6 Å². The van der Waals surface area contributed by atoms with Crippen LogP contribution >= 0.6 is 0 Å². The van der Waals surface area contributed by atoms with Crippen molar-refractivity contribution in [3.8, 4) is 0 Å². The van der Waals surface area contributed by atoms with Gasteiger partial charge in [0.15, 0.2) is 0 Å². The lowest BCUT2D eigenvalue weighted by atomic mass is 9.95. The van der Waals surface area contributed by atoms with Crippen molar-refractivity contribution in [2.24, 2.45) is 11.8 Å². The molecular formula is C22H32N4O3. The van der Waals surface area contributed by atoms with Crippen LogP contribution in [0.25, 0.3) is 0 Å². The molecule has 1 N–H and O–H groups in total. The van der Waals surface area contributed by atoms with Gasteiger partial charge in [0.05, 0.1) is 12.5 Å². The average molecular weight is 401 g/mol. The van der Waals surface area contributed by atoms with Gasteiger partial charge in [0, 0.05) is 38.6 Å². The van der Waals surface area contributed by atoms with Gasteiger partial charge in [-0.05, 0) is 62.2 Å². The SMILES string of the molecule is O=C(Cc1cccnc1)NC[C@H]1CN(CC2CCN(CC3CC3)CC2)C(=O)CO1. The van der Waals surface area contributed by atoms with E-state index in [4.69, 9.17) is 4.74 Å². The number of rotatable bonds is 8. The fraction of sp³-hybridized carbons (Fsp3) is 0.682. The number of nitrogens with one attached hydrogen (secondary N) is 1. The minimum absolute atomic E-state index is 0.0481. The van der Waals surface area contributed by atoms with Crippen LogP contribution in [0, 0.1) is 11.8 Å². The summed E-state index contributed by atoms with van der Waals surface area (Å²) in [4.78, 5) is 33.0. The first-order valence-corrected chi connectivity index (χ1v) is 10.9. The largest absolute Gasteiger partial charge is 0.365 e. The molecule has 1 aromatic heterocycles. The zero-order valence-electron chi connectivity index (χ0n) is 17.1. The van der Waals surface area contributed by atoms with Crippen molar-refractivity contribution in [3.63, 3.8) is 0 Å². The number of carbonyl (C=O) groups is 2. The quantitative estimate of drug-likeness (QED) is 0.707. The summed E-state index contributed by atoms with van der Waals surface area (Å²) in [5, 5.41) is 2.93. The number of aromatic nitrogens is 1. The van der Waals surface area contributed by atoms with Gasteiger partial charge in [-0.25, -0.2) is 0 Å².